The van der Waals surface area contributed by atoms with Crippen LogP contribution in [-0.4, -0.2) is 22.8 Å². The fourth-order valence-electron chi connectivity index (χ4n) is 2.25. The lowest BCUT2D eigenvalue weighted by atomic mass is 10.2. The largest absolute Gasteiger partial charge is 0.497 e. The van der Waals surface area contributed by atoms with Gasteiger partial charge in [0.1, 0.15) is 11.3 Å². The topological polar surface area (TPSA) is 86.4 Å². The Kier molecular flexibility index (Phi) is 4.07. The molecule has 0 atom stereocenters. The van der Waals surface area contributed by atoms with Gasteiger partial charge in [0.25, 0.3) is 5.91 Å². The molecule has 0 unspecified atom stereocenters. The molecule has 0 aliphatic rings. The third-order valence-electron chi connectivity index (χ3n) is 3.55. The Hall–Kier alpha value is -3.09. The van der Waals surface area contributed by atoms with Crippen molar-refractivity contribution >= 4 is 22.6 Å². The van der Waals surface area contributed by atoms with Crippen LogP contribution in [0.3, 0.4) is 0 Å². The molecule has 0 radical (unpaired) electrons. The molecule has 7 nitrogen and oxygen atoms in total. The number of carbonyl (C=O) groups is 1. The maximum absolute atomic E-state index is 12.3. The minimum Gasteiger partial charge on any atom is -0.497 e. The number of aromatic nitrogens is 2. The molecule has 7 heteroatoms. The van der Waals surface area contributed by atoms with E-state index >= 15 is 0 Å². The maximum atomic E-state index is 12.3. The van der Waals surface area contributed by atoms with Crippen molar-refractivity contribution in [3.05, 3.63) is 52.6 Å². The van der Waals surface area contributed by atoms with Gasteiger partial charge < -0.3 is 14.5 Å². The molecular weight excluding hydrogens is 310 g/mol. The van der Waals surface area contributed by atoms with Crippen molar-refractivity contribution in [3.63, 3.8) is 0 Å². The van der Waals surface area contributed by atoms with Crippen LogP contribution in [0.1, 0.15) is 30.4 Å². The molecule has 24 heavy (non-hydrogen) atoms. The Morgan fingerprint density at radius 1 is 1.33 bits per heavy atom. The van der Waals surface area contributed by atoms with E-state index in [-0.39, 0.29) is 17.2 Å². The maximum Gasteiger partial charge on any atom is 0.291 e. The van der Waals surface area contributed by atoms with Crippen molar-refractivity contribution in [2.45, 2.75) is 19.9 Å². The number of anilines is 1. The summed E-state index contributed by atoms with van der Waals surface area (Å²) in [5.74, 6) is -0.0420. The third-order valence-corrected chi connectivity index (χ3v) is 3.55. The molecule has 2 heterocycles. The molecule has 0 spiro atoms. The highest BCUT2D eigenvalue weighted by Gasteiger charge is 2.14. The first-order chi connectivity index (χ1) is 11.5. The van der Waals surface area contributed by atoms with Gasteiger partial charge in [0.05, 0.1) is 24.4 Å². The molecular formula is C17H17N3O4. The number of carbonyl (C=O) groups excluding carboxylic acids is 1. The van der Waals surface area contributed by atoms with Gasteiger partial charge in [-0.3, -0.25) is 14.3 Å². The number of amides is 1. The highest BCUT2D eigenvalue weighted by molar-refractivity contribution is 6.02. The predicted octanol–water partition coefficient (Wildman–Crippen LogP) is 2.83. The van der Waals surface area contributed by atoms with Crippen LogP contribution in [0.2, 0.25) is 0 Å². The lowest BCUT2D eigenvalue weighted by Crippen LogP contribution is -2.14. The molecule has 1 aromatic carbocycles. The summed E-state index contributed by atoms with van der Waals surface area (Å²) in [4.78, 5) is 24.5. The normalized spacial score (nSPS) is 11.0. The van der Waals surface area contributed by atoms with Crippen LogP contribution in [-0.2, 0) is 0 Å². The Labute approximate surface area is 137 Å². The molecule has 0 saturated carbocycles. The van der Waals surface area contributed by atoms with Crippen LogP contribution in [0.5, 0.6) is 5.75 Å². The van der Waals surface area contributed by atoms with Crippen molar-refractivity contribution in [1.29, 1.82) is 0 Å². The summed E-state index contributed by atoms with van der Waals surface area (Å²) in [5, 5.41) is 7.20. The summed E-state index contributed by atoms with van der Waals surface area (Å²) in [5.41, 5.74) is 0.536. The summed E-state index contributed by atoms with van der Waals surface area (Å²) in [6.07, 6.45) is 3.25. The zero-order chi connectivity index (χ0) is 17.3. The number of benzene rings is 1. The summed E-state index contributed by atoms with van der Waals surface area (Å²) >= 11 is 0. The molecule has 1 N–H and O–H groups in total. The molecule has 2 aromatic heterocycles. The number of hydrogen-bond acceptors (Lipinski definition) is 5. The van der Waals surface area contributed by atoms with Gasteiger partial charge >= 0.3 is 0 Å². The van der Waals surface area contributed by atoms with Crippen LogP contribution in [0, 0.1) is 0 Å². The smallest absolute Gasteiger partial charge is 0.291 e. The molecule has 0 aliphatic carbocycles. The summed E-state index contributed by atoms with van der Waals surface area (Å²) in [6.45, 7) is 3.96. The van der Waals surface area contributed by atoms with Gasteiger partial charge in [-0.25, -0.2) is 0 Å². The molecule has 3 rings (SSSR count). The lowest BCUT2D eigenvalue weighted by Gasteiger charge is -2.05. The monoisotopic (exact) mass is 327 g/mol. The fourth-order valence-corrected chi connectivity index (χ4v) is 2.25. The number of ether oxygens (including phenoxy) is 1. The summed E-state index contributed by atoms with van der Waals surface area (Å²) in [7, 11) is 1.52. The number of nitrogens with one attached hydrogen (secondary N) is 1. The zero-order valence-corrected chi connectivity index (χ0v) is 13.6. The minimum atomic E-state index is -0.514. The average molecular weight is 327 g/mol. The van der Waals surface area contributed by atoms with E-state index in [9.17, 15) is 9.59 Å². The Morgan fingerprint density at radius 3 is 2.79 bits per heavy atom. The number of hydrogen-bond donors (Lipinski definition) is 1. The van der Waals surface area contributed by atoms with Gasteiger partial charge in [0, 0.05) is 24.4 Å². The lowest BCUT2D eigenvalue weighted by molar-refractivity contribution is 0.0997. The SMILES string of the molecule is COc1ccc2c(=O)cc(C(=O)Nc3cnn(C(C)C)c3)oc2c1. The van der Waals surface area contributed by atoms with E-state index in [1.165, 1.54) is 13.2 Å². The van der Waals surface area contributed by atoms with Crippen LogP contribution >= 0.6 is 0 Å². The van der Waals surface area contributed by atoms with E-state index in [0.717, 1.165) is 0 Å². The van der Waals surface area contributed by atoms with Crippen LogP contribution < -0.4 is 15.5 Å². The van der Waals surface area contributed by atoms with Crippen molar-refractivity contribution in [2.24, 2.45) is 0 Å². The molecule has 1 amide bonds. The van der Waals surface area contributed by atoms with E-state index < -0.39 is 5.91 Å². The Morgan fingerprint density at radius 2 is 2.12 bits per heavy atom. The zero-order valence-electron chi connectivity index (χ0n) is 13.6. The Bertz CT molecular complexity index is 956. The van der Waals surface area contributed by atoms with Crippen LogP contribution in [0.25, 0.3) is 11.0 Å². The molecule has 0 bridgehead atoms. The van der Waals surface area contributed by atoms with E-state index in [1.54, 1.807) is 35.3 Å². The molecule has 0 fully saturated rings. The highest BCUT2D eigenvalue weighted by atomic mass is 16.5. The second-order valence-electron chi connectivity index (χ2n) is 5.59. The first-order valence-electron chi connectivity index (χ1n) is 7.45. The second-order valence-corrected chi connectivity index (χ2v) is 5.59. The third kappa shape index (κ3) is 3.01. The van der Waals surface area contributed by atoms with Crippen molar-refractivity contribution < 1.29 is 13.9 Å². The van der Waals surface area contributed by atoms with E-state index in [4.69, 9.17) is 9.15 Å². The molecule has 0 aliphatic heterocycles. The number of nitrogens with zero attached hydrogens (tertiary/aromatic N) is 2. The van der Waals surface area contributed by atoms with E-state index in [1.807, 2.05) is 13.8 Å². The number of fused-ring (bicyclic) bond motifs is 1. The van der Waals surface area contributed by atoms with Gasteiger partial charge in [0.15, 0.2) is 11.2 Å². The Balaban J connectivity index is 1.92. The first kappa shape index (κ1) is 15.8. The second kappa shape index (κ2) is 6.19. The van der Waals surface area contributed by atoms with Crippen LogP contribution in [0.4, 0.5) is 5.69 Å². The van der Waals surface area contributed by atoms with E-state index in [2.05, 4.69) is 10.4 Å². The van der Waals surface area contributed by atoms with Gasteiger partial charge in [0.2, 0.25) is 0 Å². The first-order valence-corrected chi connectivity index (χ1v) is 7.45. The van der Waals surface area contributed by atoms with Crippen molar-refractivity contribution in [2.75, 3.05) is 12.4 Å². The minimum absolute atomic E-state index is 0.0712. The summed E-state index contributed by atoms with van der Waals surface area (Å²) < 4.78 is 12.4. The quantitative estimate of drug-likeness (QED) is 0.796. The fraction of sp³-hybridized carbons (Fsp3) is 0.235. The van der Waals surface area contributed by atoms with Crippen LogP contribution in [0.15, 0.2) is 45.9 Å². The average Bonchev–Trinajstić information content (AvgIpc) is 3.03. The highest BCUT2D eigenvalue weighted by Crippen LogP contribution is 2.20. The van der Waals surface area contributed by atoms with Gasteiger partial charge in [-0.05, 0) is 26.0 Å². The predicted molar refractivity (Wildman–Crippen MR) is 89.6 cm³/mol. The molecule has 3 aromatic rings. The van der Waals surface area contributed by atoms with Gasteiger partial charge in [-0.15, -0.1) is 0 Å². The van der Waals surface area contributed by atoms with E-state index in [0.29, 0.717) is 22.4 Å². The summed E-state index contributed by atoms with van der Waals surface area (Å²) in [6, 6.07) is 6.20. The van der Waals surface area contributed by atoms with Crippen molar-refractivity contribution in [1.82, 2.24) is 9.78 Å². The number of methoxy groups -OCH3 is 1. The molecule has 0 saturated heterocycles. The van der Waals surface area contributed by atoms with Crippen molar-refractivity contribution in [3.8, 4) is 5.75 Å². The standard InChI is InChI=1S/C17H17N3O4/c1-10(2)20-9-11(8-18-20)19-17(22)16-7-14(21)13-5-4-12(23-3)6-15(13)24-16/h4-10H,1-3H3,(H,19,22). The van der Waals surface area contributed by atoms with Gasteiger partial charge in [-0.2, -0.15) is 5.10 Å². The number of rotatable bonds is 4. The molecule has 124 valence electrons. The van der Waals surface area contributed by atoms with Gasteiger partial charge in [-0.1, -0.05) is 0 Å².